The van der Waals surface area contributed by atoms with Crippen molar-refractivity contribution in [2.24, 2.45) is 7.05 Å². The predicted molar refractivity (Wildman–Crippen MR) is 119 cm³/mol. The minimum absolute atomic E-state index is 0.00934. The Bertz CT molecular complexity index is 1440. The van der Waals surface area contributed by atoms with Crippen LogP contribution in [0.15, 0.2) is 76.4 Å². The highest BCUT2D eigenvalue weighted by atomic mass is 35.5. The lowest BCUT2D eigenvalue weighted by Crippen LogP contribution is -2.16. The molecule has 0 aliphatic heterocycles. The molecule has 152 valence electrons. The number of hydrogen-bond acceptors (Lipinski definition) is 5. The van der Waals surface area contributed by atoms with Gasteiger partial charge >= 0.3 is 4.87 Å². The summed E-state index contributed by atoms with van der Waals surface area (Å²) in [5.41, 5.74) is 1.32. The van der Waals surface area contributed by atoms with Crippen molar-refractivity contribution in [3.05, 3.63) is 92.5 Å². The van der Waals surface area contributed by atoms with Gasteiger partial charge in [0.25, 0.3) is 10.0 Å². The summed E-state index contributed by atoms with van der Waals surface area (Å²) >= 11 is 7.03. The molecule has 6 nitrogen and oxygen atoms in total. The predicted octanol–water partition coefficient (Wildman–Crippen LogP) is 4.29. The Balaban J connectivity index is 1.75. The van der Waals surface area contributed by atoms with E-state index in [-0.39, 0.29) is 26.8 Å². The summed E-state index contributed by atoms with van der Waals surface area (Å²) in [7, 11) is -2.38. The molecule has 1 heterocycles. The molecule has 9 heteroatoms. The van der Waals surface area contributed by atoms with Gasteiger partial charge in [-0.05, 0) is 36.4 Å². The van der Waals surface area contributed by atoms with Gasteiger partial charge in [0.15, 0.2) is 5.78 Å². The van der Waals surface area contributed by atoms with Crippen LogP contribution in [0.4, 0.5) is 5.69 Å². The SMILES string of the molecule is Cn1c(=O)sc2cc(S(=O)(=O)Nc3ccc(Cl)cc3C(=O)c3ccccc3)ccc21. The van der Waals surface area contributed by atoms with Gasteiger partial charge in [-0.1, -0.05) is 53.3 Å². The number of hydrogen-bond donors (Lipinski definition) is 1. The van der Waals surface area contributed by atoms with Gasteiger partial charge in [0.05, 0.1) is 20.8 Å². The maximum atomic E-state index is 13.0. The van der Waals surface area contributed by atoms with E-state index in [9.17, 15) is 18.0 Å². The molecule has 0 fully saturated rings. The van der Waals surface area contributed by atoms with Crippen molar-refractivity contribution < 1.29 is 13.2 Å². The second-order valence-electron chi connectivity index (χ2n) is 6.55. The van der Waals surface area contributed by atoms with Crippen LogP contribution in [0.5, 0.6) is 0 Å². The molecule has 4 aromatic rings. The van der Waals surface area contributed by atoms with E-state index in [2.05, 4.69) is 4.72 Å². The maximum Gasteiger partial charge on any atom is 0.307 e. The number of carbonyl (C=O) groups excluding carboxylic acids is 1. The van der Waals surface area contributed by atoms with Crippen molar-refractivity contribution in [3.63, 3.8) is 0 Å². The molecule has 0 unspecified atom stereocenters. The summed E-state index contributed by atoms with van der Waals surface area (Å²) in [6.45, 7) is 0. The lowest BCUT2D eigenvalue weighted by molar-refractivity contribution is 0.103. The van der Waals surface area contributed by atoms with E-state index >= 15 is 0 Å². The van der Waals surface area contributed by atoms with E-state index in [1.54, 1.807) is 43.4 Å². The average molecular weight is 459 g/mol. The molecule has 4 rings (SSSR count). The summed E-state index contributed by atoms with van der Waals surface area (Å²) in [5, 5.41) is 0.313. The number of aryl methyl sites for hydroxylation is 1. The fourth-order valence-electron chi connectivity index (χ4n) is 3.02. The number of nitrogens with zero attached hydrogens (tertiary/aromatic N) is 1. The van der Waals surface area contributed by atoms with Crippen molar-refractivity contribution in [1.29, 1.82) is 0 Å². The fraction of sp³-hybridized carbons (Fsp3) is 0.0476. The Morgan fingerprint density at radius 1 is 1.03 bits per heavy atom. The third-order valence-corrected chi connectivity index (χ3v) is 7.17. The zero-order valence-corrected chi connectivity index (χ0v) is 18.0. The van der Waals surface area contributed by atoms with Gasteiger partial charge in [0, 0.05) is 23.2 Å². The number of sulfonamides is 1. The molecule has 0 spiro atoms. The Morgan fingerprint density at radius 2 is 1.77 bits per heavy atom. The van der Waals surface area contributed by atoms with Crippen LogP contribution in [-0.2, 0) is 17.1 Å². The number of fused-ring (bicyclic) bond motifs is 1. The third-order valence-electron chi connectivity index (χ3n) is 4.58. The molecule has 30 heavy (non-hydrogen) atoms. The van der Waals surface area contributed by atoms with Crippen LogP contribution < -0.4 is 9.60 Å². The maximum absolute atomic E-state index is 13.0. The van der Waals surface area contributed by atoms with E-state index in [4.69, 9.17) is 11.6 Å². The number of rotatable bonds is 5. The fourth-order valence-corrected chi connectivity index (χ4v) is 5.29. The van der Waals surface area contributed by atoms with Crippen molar-refractivity contribution in [3.8, 4) is 0 Å². The van der Waals surface area contributed by atoms with Crippen LogP contribution in [0.3, 0.4) is 0 Å². The first kappa shape index (κ1) is 20.3. The monoisotopic (exact) mass is 458 g/mol. The smallest absolute Gasteiger partial charge is 0.302 e. The Morgan fingerprint density at radius 3 is 2.50 bits per heavy atom. The van der Waals surface area contributed by atoms with Gasteiger partial charge in [-0.3, -0.25) is 14.3 Å². The quantitative estimate of drug-likeness (QED) is 0.452. The summed E-state index contributed by atoms with van der Waals surface area (Å²) < 4.78 is 30.5. The molecule has 0 saturated heterocycles. The first-order valence-electron chi connectivity index (χ1n) is 8.78. The molecule has 3 aromatic carbocycles. The van der Waals surface area contributed by atoms with Gasteiger partial charge in [0.2, 0.25) is 0 Å². The molecule has 0 bridgehead atoms. The number of ketones is 1. The molecular formula is C21H15ClN2O4S2. The molecule has 0 saturated carbocycles. The molecule has 0 atom stereocenters. The molecule has 0 aliphatic carbocycles. The number of thiazole rings is 1. The summed E-state index contributed by atoms with van der Waals surface area (Å²) in [4.78, 5) is 24.6. The van der Waals surface area contributed by atoms with Crippen molar-refractivity contribution in [2.45, 2.75) is 4.90 Å². The molecule has 0 aliphatic rings. The first-order chi connectivity index (χ1) is 14.3. The largest absolute Gasteiger partial charge is 0.307 e. The molecule has 1 N–H and O–H groups in total. The topological polar surface area (TPSA) is 85.2 Å². The minimum atomic E-state index is -4.01. The number of nitrogens with one attached hydrogen (secondary N) is 1. The van der Waals surface area contributed by atoms with Crippen LogP contribution in [0.2, 0.25) is 5.02 Å². The van der Waals surface area contributed by atoms with E-state index < -0.39 is 10.0 Å². The van der Waals surface area contributed by atoms with E-state index in [1.807, 2.05) is 0 Å². The highest BCUT2D eigenvalue weighted by molar-refractivity contribution is 7.92. The lowest BCUT2D eigenvalue weighted by Gasteiger charge is -2.13. The summed E-state index contributed by atoms with van der Waals surface area (Å²) in [6, 6.07) is 17.4. The minimum Gasteiger partial charge on any atom is -0.302 e. The molecule has 1 aromatic heterocycles. The highest BCUT2D eigenvalue weighted by Crippen LogP contribution is 2.27. The lowest BCUT2D eigenvalue weighted by atomic mass is 10.0. The van der Waals surface area contributed by atoms with E-state index in [0.717, 1.165) is 11.3 Å². The Hall–Kier alpha value is -2.94. The number of benzene rings is 3. The van der Waals surface area contributed by atoms with Gasteiger partial charge in [0.1, 0.15) is 0 Å². The van der Waals surface area contributed by atoms with Gasteiger partial charge in [-0.2, -0.15) is 0 Å². The number of aromatic nitrogens is 1. The standard InChI is InChI=1S/C21H15ClN2O4S2/c1-24-18-10-8-15(12-19(18)29-21(24)26)30(27,28)23-17-9-7-14(22)11-16(17)20(25)13-5-3-2-4-6-13/h2-12,23H,1H3. The second kappa shape index (κ2) is 7.71. The van der Waals surface area contributed by atoms with Gasteiger partial charge in [-0.15, -0.1) is 0 Å². The van der Waals surface area contributed by atoms with E-state index in [0.29, 0.717) is 20.8 Å². The first-order valence-corrected chi connectivity index (χ1v) is 11.5. The summed E-state index contributed by atoms with van der Waals surface area (Å²) in [5.74, 6) is -0.354. The second-order valence-corrected chi connectivity index (χ2v) is 9.66. The number of halogens is 1. The van der Waals surface area contributed by atoms with Crippen LogP contribution in [0.25, 0.3) is 10.2 Å². The third kappa shape index (κ3) is 3.77. The van der Waals surface area contributed by atoms with Crippen LogP contribution in [0.1, 0.15) is 15.9 Å². The zero-order valence-electron chi connectivity index (χ0n) is 15.6. The van der Waals surface area contributed by atoms with Crippen LogP contribution >= 0.6 is 22.9 Å². The van der Waals surface area contributed by atoms with Gasteiger partial charge < -0.3 is 4.57 Å². The zero-order chi connectivity index (χ0) is 21.5. The number of anilines is 1. The van der Waals surface area contributed by atoms with Crippen molar-refractivity contribution >= 4 is 54.6 Å². The van der Waals surface area contributed by atoms with Gasteiger partial charge in [-0.25, -0.2) is 8.42 Å². The van der Waals surface area contributed by atoms with E-state index in [1.165, 1.54) is 34.9 Å². The molecule has 0 radical (unpaired) electrons. The van der Waals surface area contributed by atoms with Crippen molar-refractivity contribution in [1.82, 2.24) is 4.57 Å². The Labute approximate surface area is 181 Å². The average Bonchev–Trinajstić information content (AvgIpc) is 3.02. The normalized spacial score (nSPS) is 11.5. The highest BCUT2D eigenvalue weighted by Gasteiger charge is 2.21. The molecular weight excluding hydrogens is 444 g/mol. The van der Waals surface area contributed by atoms with Crippen LogP contribution in [-0.4, -0.2) is 18.8 Å². The molecule has 0 amide bonds. The number of carbonyl (C=O) groups is 1. The Kier molecular flexibility index (Phi) is 5.23. The van der Waals surface area contributed by atoms with Crippen molar-refractivity contribution in [2.75, 3.05) is 4.72 Å². The summed E-state index contributed by atoms with van der Waals surface area (Å²) in [6.07, 6.45) is 0. The van der Waals surface area contributed by atoms with Crippen LogP contribution in [0, 0.1) is 0 Å².